The van der Waals surface area contributed by atoms with E-state index in [1.165, 1.54) is 12.3 Å². The number of fused-ring (bicyclic) bond motifs is 1. The first-order chi connectivity index (χ1) is 11.3. The minimum Gasteiger partial charge on any atom is -0.464 e. The van der Waals surface area contributed by atoms with Gasteiger partial charge in [0.25, 0.3) is 5.91 Å². The summed E-state index contributed by atoms with van der Waals surface area (Å²) in [7, 11) is -5.22. The topological polar surface area (TPSA) is 98.5 Å². The molecule has 0 radical (unpaired) electrons. The Morgan fingerprint density at radius 3 is 2.79 bits per heavy atom. The number of nitrogens with one attached hydrogen (secondary N) is 1. The van der Waals surface area contributed by atoms with Gasteiger partial charge in [0.1, 0.15) is 11.4 Å². The minimum absolute atomic E-state index is 0.00663. The van der Waals surface area contributed by atoms with E-state index < -0.39 is 28.0 Å². The Hall–Kier alpha value is -3.01. The normalized spacial score (nSPS) is 11.4. The fourth-order valence-electron chi connectivity index (χ4n) is 2.00. The minimum atomic E-state index is -5.22. The smallest absolute Gasteiger partial charge is 0.464 e. The van der Waals surface area contributed by atoms with E-state index in [9.17, 15) is 21.5 Å². The van der Waals surface area contributed by atoms with Gasteiger partial charge in [-0.3, -0.25) is 9.78 Å². The molecular weight excluding hydrogens is 346 g/mol. The summed E-state index contributed by atoms with van der Waals surface area (Å²) in [6, 6.07) is 4.95. The third-order valence-corrected chi connectivity index (χ3v) is 3.35. The Labute approximate surface area is 134 Å². The molecule has 0 saturated heterocycles. The lowest BCUT2D eigenvalue weighted by atomic mass is 10.1. The molecule has 0 saturated carbocycles. The first-order valence-corrected chi connectivity index (χ1v) is 7.70. The van der Waals surface area contributed by atoms with Crippen molar-refractivity contribution in [3.63, 3.8) is 0 Å². The van der Waals surface area contributed by atoms with Crippen molar-refractivity contribution >= 4 is 33.1 Å². The number of pyridine rings is 1. The van der Waals surface area contributed by atoms with Crippen LogP contribution in [0, 0.1) is 5.82 Å². The second-order valence-corrected chi connectivity index (χ2v) is 5.58. The Balaban J connectivity index is 1.86. The fourth-order valence-corrected chi connectivity index (χ4v) is 2.33. The van der Waals surface area contributed by atoms with Crippen molar-refractivity contribution in [1.29, 1.82) is 0 Å². The zero-order valence-corrected chi connectivity index (χ0v) is 12.5. The van der Waals surface area contributed by atoms with Crippen molar-refractivity contribution in [3.8, 4) is 5.75 Å². The van der Waals surface area contributed by atoms with Crippen LogP contribution in [0.3, 0.4) is 0 Å². The quantitative estimate of drug-likeness (QED) is 0.724. The van der Waals surface area contributed by atoms with Crippen molar-refractivity contribution in [2.45, 2.75) is 0 Å². The highest BCUT2D eigenvalue weighted by Crippen LogP contribution is 2.22. The Bertz CT molecular complexity index is 1030. The lowest BCUT2D eigenvalue weighted by Gasteiger charge is -2.07. The molecule has 0 spiro atoms. The second kappa shape index (κ2) is 5.89. The first kappa shape index (κ1) is 15.9. The zero-order valence-electron chi connectivity index (χ0n) is 11.7. The van der Waals surface area contributed by atoms with Gasteiger partial charge in [0, 0.05) is 17.5 Å². The molecule has 1 amide bonds. The fraction of sp³-hybridized carbons (Fsp3) is 0. The maximum absolute atomic E-state index is 14.0. The van der Waals surface area contributed by atoms with E-state index in [-0.39, 0.29) is 16.8 Å². The van der Waals surface area contributed by atoms with Gasteiger partial charge in [-0.1, -0.05) is 3.89 Å². The average Bonchev–Trinajstić information content (AvgIpc) is 2.91. The molecular formula is C14H8F2N2O5S. The number of hydrogen-bond donors (Lipinski definition) is 1. The van der Waals surface area contributed by atoms with Gasteiger partial charge in [0.2, 0.25) is 0 Å². The number of rotatable bonds is 4. The summed E-state index contributed by atoms with van der Waals surface area (Å²) in [4.78, 5) is 15.8. The summed E-state index contributed by atoms with van der Waals surface area (Å²) < 4.78 is 56.3. The summed E-state index contributed by atoms with van der Waals surface area (Å²) in [6.07, 6.45) is 3.45. The highest BCUT2D eigenvalue weighted by Gasteiger charge is 2.16. The number of furan rings is 1. The summed E-state index contributed by atoms with van der Waals surface area (Å²) in [6.45, 7) is 0. The van der Waals surface area contributed by atoms with Crippen LogP contribution in [0.1, 0.15) is 10.4 Å². The molecule has 7 nitrogen and oxygen atoms in total. The van der Waals surface area contributed by atoms with E-state index in [0.29, 0.717) is 5.39 Å². The van der Waals surface area contributed by atoms with E-state index in [1.807, 2.05) is 0 Å². The number of benzene rings is 1. The largest absolute Gasteiger partial charge is 0.488 e. The maximum atomic E-state index is 14.0. The Kier molecular flexibility index (Phi) is 3.89. The lowest BCUT2D eigenvalue weighted by molar-refractivity contribution is 0.102. The van der Waals surface area contributed by atoms with Crippen LogP contribution in [-0.4, -0.2) is 19.3 Å². The predicted octanol–water partition coefficient (Wildman–Crippen LogP) is 2.81. The van der Waals surface area contributed by atoms with Crippen LogP contribution >= 0.6 is 0 Å². The highest BCUT2D eigenvalue weighted by atomic mass is 32.3. The Morgan fingerprint density at radius 1 is 1.25 bits per heavy atom. The molecule has 1 aromatic carbocycles. The molecule has 0 atom stereocenters. The number of anilines is 1. The van der Waals surface area contributed by atoms with Gasteiger partial charge in [-0.05, 0) is 12.1 Å². The van der Waals surface area contributed by atoms with Crippen molar-refractivity contribution in [3.05, 3.63) is 54.3 Å². The summed E-state index contributed by atoms with van der Waals surface area (Å²) in [5, 5.41) is 2.84. The number of halogens is 2. The van der Waals surface area contributed by atoms with Gasteiger partial charge in [-0.2, -0.15) is 8.42 Å². The summed E-state index contributed by atoms with van der Waals surface area (Å²) in [5.74, 6) is -2.06. The molecule has 10 heteroatoms. The third-order valence-electron chi connectivity index (χ3n) is 2.95. The van der Waals surface area contributed by atoms with Gasteiger partial charge in [0.05, 0.1) is 29.9 Å². The third kappa shape index (κ3) is 3.49. The molecule has 0 unspecified atom stereocenters. The molecule has 2 aromatic heterocycles. The molecule has 124 valence electrons. The van der Waals surface area contributed by atoms with E-state index in [2.05, 4.69) is 14.5 Å². The SMILES string of the molecule is O=C(Nc1cncc(OS(=O)(=O)F)c1)c1cc2ccoc2cc1F. The number of hydrogen-bond acceptors (Lipinski definition) is 6. The van der Waals surface area contributed by atoms with E-state index >= 15 is 0 Å². The molecule has 0 aliphatic heterocycles. The van der Waals surface area contributed by atoms with Gasteiger partial charge in [-0.25, -0.2) is 4.39 Å². The average molecular weight is 354 g/mol. The molecule has 0 bridgehead atoms. The van der Waals surface area contributed by atoms with Crippen LogP contribution in [-0.2, 0) is 10.5 Å². The molecule has 2 heterocycles. The van der Waals surface area contributed by atoms with Gasteiger partial charge in [-0.15, -0.1) is 0 Å². The van der Waals surface area contributed by atoms with Crippen molar-refractivity contribution < 1.29 is 30.1 Å². The van der Waals surface area contributed by atoms with Crippen LogP contribution in [0.15, 0.2) is 47.3 Å². The van der Waals surface area contributed by atoms with Crippen LogP contribution < -0.4 is 9.50 Å². The summed E-state index contributed by atoms with van der Waals surface area (Å²) >= 11 is 0. The number of aromatic nitrogens is 1. The number of nitrogens with zero attached hydrogens (tertiary/aromatic N) is 1. The number of carbonyl (C=O) groups is 1. The van der Waals surface area contributed by atoms with Gasteiger partial charge >= 0.3 is 10.5 Å². The zero-order chi connectivity index (χ0) is 17.3. The predicted molar refractivity (Wildman–Crippen MR) is 79.0 cm³/mol. The molecule has 24 heavy (non-hydrogen) atoms. The molecule has 0 aliphatic rings. The molecule has 3 rings (SSSR count). The molecule has 0 aliphatic carbocycles. The van der Waals surface area contributed by atoms with Crippen LogP contribution in [0.4, 0.5) is 14.0 Å². The van der Waals surface area contributed by atoms with Crippen molar-refractivity contribution in [1.82, 2.24) is 4.98 Å². The summed E-state index contributed by atoms with van der Waals surface area (Å²) in [5.41, 5.74) is 0.0236. The van der Waals surface area contributed by atoms with E-state index in [1.54, 1.807) is 6.07 Å². The Morgan fingerprint density at radius 2 is 2.04 bits per heavy atom. The second-order valence-electron chi connectivity index (χ2n) is 4.63. The number of amides is 1. The van der Waals surface area contributed by atoms with E-state index in [4.69, 9.17) is 4.42 Å². The van der Waals surface area contributed by atoms with Crippen LogP contribution in [0.25, 0.3) is 11.0 Å². The molecule has 3 aromatic rings. The molecule has 1 N–H and O–H groups in total. The van der Waals surface area contributed by atoms with E-state index in [0.717, 1.165) is 24.5 Å². The van der Waals surface area contributed by atoms with Crippen molar-refractivity contribution in [2.75, 3.05) is 5.32 Å². The monoisotopic (exact) mass is 354 g/mol. The first-order valence-electron chi connectivity index (χ1n) is 6.39. The maximum Gasteiger partial charge on any atom is 0.488 e. The molecule has 0 fully saturated rings. The van der Waals surface area contributed by atoms with Crippen LogP contribution in [0.2, 0.25) is 0 Å². The standard InChI is InChI=1S/C14H8F2N2O5S/c15-12-5-13-8(1-2-22-13)3-11(12)14(19)18-9-4-10(7-17-6-9)23-24(16,20)21/h1-7H,(H,18,19). The van der Waals surface area contributed by atoms with Gasteiger partial charge in [0.15, 0.2) is 5.75 Å². The lowest BCUT2D eigenvalue weighted by Crippen LogP contribution is -2.14. The number of carbonyl (C=O) groups excluding carboxylic acids is 1. The van der Waals surface area contributed by atoms with Crippen molar-refractivity contribution in [2.24, 2.45) is 0 Å². The van der Waals surface area contributed by atoms with Gasteiger partial charge < -0.3 is 13.9 Å². The highest BCUT2D eigenvalue weighted by molar-refractivity contribution is 7.81. The van der Waals surface area contributed by atoms with Crippen LogP contribution in [0.5, 0.6) is 5.75 Å².